The molecule has 8 heteroatoms. The molecule has 0 saturated carbocycles. The maximum Gasteiger partial charge on any atom is 0.225 e. The van der Waals surface area contributed by atoms with Gasteiger partial charge < -0.3 is 4.57 Å². The first-order chi connectivity index (χ1) is 8.49. The van der Waals surface area contributed by atoms with Crippen molar-refractivity contribution in [2.24, 2.45) is 7.05 Å². The van der Waals surface area contributed by atoms with E-state index in [0.717, 1.165) is 5.39 Å². The molecule has 3 aromatic rings. The van der Waals surface area contributed by atoms with Crippen LogP contribution < -0.4 is 0 Å². The smallest absolute Gasteiger partial charge is 0.225 e. The molecule has 0 aliphatic heterocycles. The molecule has 0 atom stereocenters. The van der Waals surface area contributed by atoms with Crippen LogP contribution in [0.15, 0.2) is 6.07 Å². The highest BCUT2D eigenvalue weighted by atomic mass is 35.5. The van der Waals surface area contributed by atoms with Crippen LogP contribution in [-0.2, 0) is 7.05 Å². The molecule has 18 heavy (non-hydrogen) atoms. The molecular formula is C10H4Cl4N4. The summed E-state index contributed by atoms with van der Waals surface area (Å²) in [5.41, 5.74) is 1.27. The lowest BCUT2D eigenvalue weighted by Gasteiger charge is -1.99. The third kappa shape index (κ3) is 1.64. The first kappa shape index (κ1) is 12.2. The van der Waals surface area contributed by atoms with Gasteiger partial charge in [0.15, 0.2) is 5.15 Å². The van der Waals surface area contributed by atoms with Gasteiger partial charge >= 0.3 is 0 Å². The average Bonchev–Trinajstić information content (AvgIpc) is 2.52. The van der Waals surface area contributed by atoms with E-state index in [1.807, 2.05) is 0 Å². The summed E-state index contributed by atoms with van der Waals surface area (Å²) >= 11 is 23.9. The predicted octanol–water partition coefficient (Wildman–Crippen LogP) is 4.13. The van der Waals surface area contributed by atoms with Crippen molar-refractivity contribution in [3.8, 4) is 0 Å². The van der Waals surface area contributed by atoms with Crippen LogP contribution in [0.5, 0.6) is 0 Å². The monoisotopic (exact) mass is 320 g/mol. The van der Waals surface area contributed by atoms with Crippen LogP contribution in [0.1, 0.15) is 0 Å². The van der Waals surface area contributed by atoms with Gasteiger partial charge in [0.05, 0.1) is 10.9 Å². The van der Waals surface area contributed by atoms with Gasteiger partial charge in [-0.15, -0.1) is 0 Å². The molecule has 0 radical (unpaired) electrons. The zero-order valence-electron chi connectivity index (χ0n) is 8.88. The molecule has 0 saturated heterocycles. The van der Waals surface area contributed by atoms with E-state index in [2.05, 4.69) is 15.0 Å². The third-order valence-electron chi connectivity index (χ3n) is 2.66. The van der Waals surface area contributed by atoms with Gasteiger partial charge in [0.25, 0.3) is 0 Å². The van der Waals surface area contributed by atoms with E-state index >= 15 is 0 Å². The molecule has 4 nitrogen and oxygen atoms in total. The number of hydrogen-bond donors (Lipinski definition) is 0. The fourth-order valence-electron chi connectivity index (χ4n) is 1.96. The minimum Gasteiger partial charge on any atom is -0.326 e. The van der Waals surface area contributed by atoms with Crippen LogP contribution in [0.4, 0.5) is 0 Å². The summed E-state index contributed by atoms with van der Waals surface area (Å²) < 4.78 is 1.76. The largest absolute Gasteiger partial charge is 0.326 e. The van der Waals surface area contributed by atoms with Crippen LogP contribution in [-0.4, -0.2) is 19.5 Å². The summed E-state index contributed by atoms with van der Waals surface area (Å²) in [6.45, 7) is 0. The molecule has 3 heterocycles. The van der Waals surface area contributed by atoms with E-state index in [-0.39, 0.29) is 20.7 Å². The fraction of sp³-hybridized carbons (Fsp3) is 0.100. The number of fused-ring (bicyclic) bond motifs is 3. The quantitative estimate of drug-likeness (QED) is 0.355. The molecule has 3 rings (SSSR count). The van der Waals surface area contributed by atoms with Crippen LogP contribution in [0, 0.1) is 0 Å². The molecule has 0 unspecified atom stereocenters. The minimum absolute atomic E-state index is 0.0774. The minimum atomic E-state index is 0.0774. The number of aryl methyl sites for hydroxylation is 1. The maximum absolute atomic E-state index is 6.10. The van der Waals surface area contributed by atoms with Gasteiger partial charge in [-0.1, -0.05) is 34.8 Å². The number of halogens is 4. The average molecular weight is 322 g/mol. The Morgan fingerprint density at radius 1 is 1.00 bits per heavy atom. The van der Waals surface area contributed by atoms with Crippen LogP contribution in [0.3, 0.4) is 0 Å². The fourth-order valence-corrected chi connectivity index (χ4v) is 3.00. The number of pyridine rings is 1. The second kappa shape index (κ2) is 4.10. The van der Waals surface area contributed by atoms with Gasteiger partial charge in [0.2, 0.25) is 5.28 Å². The van der Waals surface area contributed by atoms with Crippen molar-refractivity contribution in [2.45, 2.75) is 0 Å². The summed E-state index contributed by atoms with van der Waals surface area (Å²) in [5, 5.41) is 2.31. The van der Waals surface area contributed by atoms with E-state index in [1.165, 1.54) is 0 Å². The first-order valence-corrected chi connectivity index (χ1v) is 6.33. The Balaban J connectivity index is 2.67. The first-order valence-electron chi connectivity index (χ1n) is 4.82. The summed E-state index contributed by atoms with van der Waals surface area (Å²) in [6, 6.07) is 1.67. The van der Waals surface area contributed by atoms with Crippen molar-refractivity contribution in [1.82, 2.24) is 19.5 Å². The lowest BCUT2D eigenvalue weighted by Crippen LogP contribution is -1.92. The van der Waals surface area contributed by atoms with Crippen LogP contribution in [0.25, 0.3) is 21.9 Å². The van der Waals surface area contributed by atoms with Gasteiger partial charge in [-0.2, -0.15) is 4.98 Å². The number of rotatable bonds is 0. The van der Waals surface area contributed by atoms with Gasteiger partial charge in [0.1, 0.15) is 16.0 Å². The Morgan fingerprint density at radius 2 is 1.72 bits per heavy atom. The lowest BCUT2D eigenvalue weighted by atomic mass is 10.2. The zero-order chi connectivity index (χ0) is 13.0. The van der Waals surface area contributed by atoms with Crippen molar-refractivity contribution in [1.29, 1.82) is 0 Å². The molecule has 92 valence electrons. The Labute approximate surface area is 121 Å². The molecule has 0 amide bonds. The van der Waals surface area contributed by atoms with E-state index in [0.29, 0.717) is 16.6 Å². The van der Waals surface area contributed by atoms with Gasteiger partial charge in [0, 0.05) is 12.4 Å². The number of nitrogens with zero attached hydrogens (tertiary/aromatic N) is 4. The second-order valence-corrected chi connectivity index (χ2v) is 5.11. The third-order valence-corrected chi connectivity index (χ3v) is 3.56. The predicted molar refractivity (Wildman–Crippen MR) is 73.9 cm³/mol. The van der Waals surface area contributed by atoms with Gasteiger partial charge in [-0.25, -0.2) is 9.97 Å². The maximum atomic E-state index is 6.10. The standard InChI is InChI=1S/C10H4Cl4N4/c1-18-6-3(2-4(11)15-8(6)13)5-7(12)16-10(14)17-9(5)18/h2H,1H3. The van der Waals surface area contributed by atoms with Crippen molar-refractivity contribution in [3.05, 3.63) is 26.8 Å². The highest BCUT2D eigenvalue weighted by Crippen LogP contribution is 2.36. The highest BCUT2D eigenvalue weighted by molar-refractivity contribution is 6.41. The molecule has 0 aliphatic rings. The Kier molecular flexibility index (Phi) is 2.79. The Bertz CT molecular complexity index is 796. The van der Waals surface area contributed by atoms with E-state index < -0.39 is 0 Å². The molecule has 0 bridgehead atoms. The molecule has 3 aromatic heterocycles. The summed E-state index contributed by atoms with van der Waals surface area (Å²) in [5.74, 6) is 0. The number of hydrogen-bond acceptors (Lipinski definition) is 3. The summed E-state index contributed by atoms with van der Waals surface area (Å²) in [6.07, 6.45) is 0. The Hall–Kier alpha value is -0.810. The molecule has 0 aromatic carbocycles. The molecule has 0 fully saturated rings. The SMILES string of the molecule is Cn1c2nc(Cl)nc(Cl)c2c2cc(Cl)nc(Cl)c21. The van der Waals surface area contributed by atoms with Crippen molar-refractivity contribution >= 4 is 68.3 Å². The van der Waals surface area contributed by atoms with Crippen LogP contribution in [0.2, 0.25) is 20.7 Å². The van der Waals surface area contributed by atoms with Gasteiger partial charge in [-0.05, 0) is 17.7 Å². The molecule has 0 N–H and O–H groups in total. The summed E-state index contributed by atoms with van der Waals surface area (Å²) in [7, 11) is 1.80. The van der Waals surface area contributed by atoms with E-state index in [1.54, 1.807) is 17.7 Å². The Morgan fingerprint density at radius 3 is 2.44 bits per heavy atom. The molecular weight excluding hydrogens is 318 g/mol. The lowest BCUT2D eigenvalue weighted by molar-refractivity contribution is 0.978. The molecule has 0 aliphatic carbocycles. The molecule has 0 spiro atoms. The number of aromatic nitrogens is 4. The van der Waals surface area contributed by atoms with Crippen molar-refractivity contribution < 1.29 is 0 Å². The van der Waals surface area contributed by atoms with Crippen molar-refractivity contribution in [2.75, 3.05) is 0 Å². The topological polar surface area (TPSA) is 43.6 Å². The van der Waals surface area contributed by atoms with Crippen molar-refractivity contribution in [3.63, 3.8) is 0 Å². The van der Waals surface area contributed by atoms with Crippen LogP contribution >= 0.6 is 46.4 Å². The highest BCUT2D eigenvalue weighted by Gasteiger charge is 2.18. The summed E-state index contributed by atoms with van der Waals surface area (Å²) in [4.78, 5) is 12.1. The van der Waals surface area contributed by atoms with E-state index in [9.17, 15) is 0 Å². The van der Waals surface area contributed by atoms with E-state index in [4.69, 9.17) is 46.4 Å². The zero-order valence-corrected chi connectivity index (χ0v) is 11.9. The van der Waals surface area contributed by atoms with Gasteiger partial charge in [-0.3, -0.25) is 0 Å². The normalized spacial score (nSPS) is 11.6. The second-order valence-electron chi connectivity index (χ2n) is 3.67.